The summed E-state index contributed by atoms with van der Waals surface area (Å²) < 4.78 is 9.70. The van der Waals surface area contributed by atoms with Gasteiger partial charge in [-0.25, -0.2) is 9.78 Å². The van der Waals surface area contributed by atoms with Gasteiger partial charge in [0.15, 0.2) is 0 Å². The first-order valence-electron chi connectivity index (χ1n) is 8.58. The lowest BCUT2D eigenvalue weighted by Crippen LogP contribution is -2.31. The van der Waals surface area contributed by atoms with E-state index in [0.29, 0.717) is 25.5 Å². The number of hydrogen-bond donors (Lipinski definition) is 1. The molecular formula is C17H20N6O3. The number of hydrogen-bond acceptors (Lipinski definition) is 5. The van der Waals surface area contributed by atoms with Crippen molar-refractivity contribution in [2.24, 2.45) is 7.05 Å². The predicted octanol–water partition coefficient (Wildman–Crippen LogP) is 2.04. The molecule has 0 spiro atoms. The maximum Gasteiger partial charge on any atom is 0.407 e. The lowest BCUT2D eigenvalue weighted by Gasteiger charge is -2.18. The van der Waals surface area contributed by atoms with E-state index in [1.54, 1.807) is 21.5 Å². The number of aryl methyl sites for hydroxylation is 1. The molecule has 0 unspecified atom stereocenters. The second-order valence-corrected chi connectivity index (χ2v) is 6.42. The lowest BCUT2D eigenvalue weighted by molar-refractivity contribution is 0.140. The van der Waals surface area contributed by atoms with Gasteiger partial charge in [0.25, 0.3) is 0 Å². The molecule has 9 nitrogen and oxygen atoms in total. The molecular weight excluding hydrogens is 336 g/mol. The standard InChI is InChI=1S/C17H20N6O3/c1-21-11-12(10-19-21)14-9-15-18-5-8-23(15)16(20-14)26-13-3-2-6-22(7-4-13)17(24)25/h5,8-11,13H,2-4,6-7H2,1H3,(H,24,25)/t13-/m0/s1. The van der Waals surface area contributed by atoms with E-state index in [0.717, 1.165) is 29.7 Å². The van der Waals surface area contributed by atoms with Crippen molar-refractivity contribution in [3.8, 4) is 17.3 Å². The smallest absolute Gasteiger partial charge is 0.407 e. The Hall–Kier alpha value is -3.10. The molecule has 136 valence electrons. The minimum atomic E-state index is -0.876. The summed E-state index contributed by atoms with van der Waals surface area (Å²) in [6, 6.07) is 2.36. The first-order chi connectivity index (χ1) is 12.6. The summed E-state index contributed by atoms with van der Waals surface area (Å²) in [7, 11) is 1.86. The molecule has 1 aliphatic heterocycles. The van der Waals surface area contributed by atoms with Crippen LogP contribution in [0.5, 0.6) is 6.01 Å². The molecule has 0 bridgehead atoms. The first-order valence-corrected chi connectivity index (χ1v) is 8.58. The van der Waals surface area contributed by atoms with Crippen LogP contribution in [0.3, 0.4) is 0 Å². The molecule has 3 aromatic rings. The fourth-order valence-corrected chi connectivity index (χ4v) is 3.20. The highest BCUT2D eigenvalue weighted by Crippen LogP contribution is 2.24. The number of likely N-dealkylation sites (tertiary alicyclic amines) is 1. The average Bonchev–Trinajstić information content (AvgIpc) is 3.19. The molecule has 1 amide bonds. The third kappa shape index (κ3) is 3.19. The van der Waals surface area contributed by atoms with Crippen molar-refractivity contribution in [2.45, 2.75) is 25.4 Å². The Bertz CT molecular complexity index is 934. The number of rotatable bonds is 3. The van der Waals surface area contributed by atoms with Crippen molar-refractivity contribution in [2.75, 3.05) is 13.1 Å². The van der Waals surface area contributed by atoms with E-state index in [1.165, 1.54) is 4.90 Å². The van der Waals surface area contributed by atoms with E-state index in [4.69, 9.17) is 9.84 Å². The number of amides is 1. The van der Waals surface area contributed by atoms with E-state index in [2.05, 4.69) is 15.1 Å². The number of nitrogens with zero attached hydrogens (tertiary/aromatic N) is 6. The number of carboxylic acid groups (broad SMARTS) is 1. The third-order valence-electron chi connectivity index (χ3n) is 4.58. The summed E-state index contributed by atoms with van der Waals surface area (Å²) in [4.78, 5) is 21.6. The summed E-state index contributed by atoms with van der Waals surface area (Å²) in [5.41, 5.74) is 2.38. The van der Waals surface area contributed by atoms with Crippen molar-refractivity contribution in [3.05, 3.63) is 30.9 Å². The molecule has 0 aromatic carbocycles. The maximum absolute atomic E-state index is 11.2. The highest BCUT2D eigenvalue weighted by molar-refractivity contribution is 5.65. The molecule has 1 aliphatic rings. The number of aromatic nitrogens is 5. The fourth-order valence-electron chi connectivity index (χ4n) is 3.20. The van der Waals surface area contributed by atoms with Crippen LogP contribution in [0.2, 0.25) is 0 Å². The van der Waals surface area contributed by atoms with Crippen molar-refractivity contribution in [3.63, 3.8) is 0 Å². The summed E-state index contributed by atoms with van der Waals surface area (Å²) in [5, 5.41) is 13.4. The molecule has 26 heavy (non-hydrogen) atoms. The van der Waals surface area contributed by atoms with E-state index < -0.39 is 6.09 Å². The Morgan fingerprint density at radius 2 is 2.23 bits per heavy atom. The molecule has 1 saturated heterocycles. The van der Waals surface area contributed by atoms with Gasteiger partial charge in [-0.3, -0.25) is 9.08 Å². The number of fused-ring (bicyclic) bond motifs is 1. The zero-order valence-corrected chi connectivity index (χ0v) is 14.4. The minimum absolute atomic E-state index is 0.0819. The van der Waals surface area contributed by atoms with Crippen LogP contribution < -0.4 is 4.74 Å². The first kappa shape index (κ1) is 16.4. The highest BCUT2D eigenvalue weighted by atomic mass is 16.5. The van der Waals surface area contributed by atoms with Crippen molar-refractivity contribution >= 4 is 11.7 Å². The SMILES string of the molecule is Cn1cc(-c2cc3nccn3c(O[C@H]3CCCN(C(=O)O)CC3)n2)cn1. The summed E-state index contributed by atoms with van der Waals surface area (Å²) in [6.45, 7) is 1.01. The van der Waals surface area contributed by atoms with Crippen LogP contribution in [0.15, 0.2) is 30.9 Å². The number of carbonyl (C=O) groups is 1. The predicted molar refractivity (Wildman–Crippen MR) is 93.1 cm³/mol. The molecule has 0 aliphatic carbocycles. The van der Waals surface area contributed by atoms with Crippen LogP contribution in [0, 0.1) is 0 Å². The van der Waals surface area contributed by atoms with E-state index in [9.17, 15) is 4.79 Å². The summed E-state index contributed by atoms with van der Waals surface area (Å²) >= 11 is 0. The normalized spacial score (nSPS) is 18.0. The highest BCUT2D eigenvalue weighted by Gasteiger charge is 2.22. The van der Waals surface area contributed by atoms with Crippen LogP contribution in [-0.4, -0.2) is 59.4 Å². The fraction of sp³-hybridized carbons (Fsp3) is 0.412. The molecule has 4 rings (SSSR count). The monoisotopic (exact) mass is 356 g/mol. The lowest BCUT2D eigenvalue weighted by atomic mass is 10.2. The number of imidazole rings is 1. The molecule has 1 fully saturated rings. The average molecular weight is 356 g/mol. The molecule has 9 heteroatoms. The Kier molecular flexibility index (Phi) is 4.19. The van der Waals surface area contributed by atoms with Crippen molar-refractivity contribution in [1.82, 2.24) is 29.0 Å². The number of ether oxygens (including phenoxy) is 1. The zero-order chi connectivity index (χ0) is 18.1. The maximum atomic E-state index is 11.2. The van der Waals surface area contributed by atoms with Gasteiger partial charge in [-0.2, -0.15) is 10.1 Å². The van der Waals surface area contributed by atoms with Gasteiger partial charge in [-0.05, 0) is 12.8 Å². The molecule has 0 saturated carbocycles. The second-order valence-electron chi connectivity index (χ2n) is 6.42. The van der Waals surface area contributed by atoms with Gasteiger partial charge in [-0.15, -0.1) is 0 Å². The minimum Gasteiger partial charge on any atom is -0.465 e. The topological polar surface area (TPSA) is 97.8 Å². The van der Waals surface area contributed by atoms with Gasteiger partial charge >= 0.3 is 12.1 Å². The summed E-state index contributed by atoms with van der Waals surface area (Å²) in [6.07, 6.45) is 8.40. The van der Waals surface area contributed by atoms with E-state index in [-0.39, 0.29) is 6.10 Å². The third-order valence-corrected chi connectivity index (χ3v) is 4.58. The largest absolute Gasteiger partial charge is 0.465 e. The van der Waals surface area contributed by atoms with Crippen LogP contribution in [0.1, 0.15) is 19.3 Å². The van der Waals surface area contributed by atoms with Crippen LogP contribution >= 0.6 is 0 Å². The Morgan fingerprint density at radius 1 is 1.35 bits per heavy atom. The van der Waals surface area contributed by atoms with Gasteiger partial charge in [-0.1, -0.05) is 0 Å². The molecule has 4 heterocycles. The molecule has 3 aromatic heterocycles. The van der Waals surface area contributed by atoms with E-state index >= 15 is 0 Å². The molecule has 0 radical (unpaired) electrons. The van der Waals surface area contributed by atoms with Gasteiger partial charge in [0, 0.05) is 56.8 Å². The van der Waals surface area contributed by atoms with Gasteiger partial charge in [0.1, 0.15) is 11.8 Å². The van der Waals surface area contributed by atoms with E-state index in [1.807, 2.05) is 25.5 Å². The molecule has 1 N–H and O–H groups in total. The van der Waals surface area contributed by atoms with Gasteiger partial charge < -0.3 is 14.7 Å². The molecule has 1 atom stereocenters. The van der Waals surface area contributed by atoms with Crippen molar-refractivity contribution in [1.29, 1.82) is 0 Å². The summed E-state index contributed by atoms with van der Waals surface area (Å²) in [5.74, 6) is 0. The Balaban J connectivity index is 1.61. The van der Waals surface area contributed by atoms with Crippen LogP contribution in [0.4, 0.5) is 4.79 Å². The van der Waals surface area contributed by atoms with Crippen LogP contribution in [0.25, 0.3) is 16.9 Å². The van der Waals surface area contributed by atoms with Gasteiger partial charge in [0.05, 0.1) is 11.9 Å². The zero-order valence-electron chi connectivity index (χ0n) is 14.4. The second kappa shape index (κ2) is 6.66. The van der Waals surface area contributed by atoms with Gasteiger partial charge in [0.2, 0.25) is 0 Å². The Labute approximate surface area is 149 Å². The van der Waals surface area contributed by atoms with Crippen LogP contribution in [-0.2, 0) is 7.05 Å². The van der Waals surface area contributed by atoms with Crippen molar-refractivity contribution < 1.29 is 14.6 Å². The quantitative estimate of drug-likeness (QED) is 0.771. The Morgan fingerprint density at radius 3 is 3.00 bits per heavy atom.